The Bertz CT molecular complexity index is 454. The fourth-order valence-corrected chi connectivity index (χ4v) is 1.48. The third-order valence-corrected chi connectivity index (χ3v) is 2.65. The minimum absolute atomic E-state index is 0.485. The van der Waals surface area contributed by atoms with Crippen LogP contribution in [0.4, 0.5) is 5.82 Å². The lowest BCUT2D eigenvalue weighted by molar-refractivity contribution is 0.959. The summed E-state index contributed by atoms with van der Waals surface area (Å²) in [6, 6.07) is 0. The topological polar surface area (TPSA) is 66.5 Å². The Kier molecular flexibility index (Phi) is 3.36. The summed E-state index contributed by atoms with van der Waals surface area (Å²) in [5.74, 6) is 0.777. The van der Waals surface area contributed by atoms with Gasteiger partial charge in [-0.15, -0.1) is 0 Å². The molecular formula is C10H12ClN5. The number of nitrogens with one attached hydrogen (secondary N) is 2. The van der Waals surface area contributed by atoms with Crippen molar-refractivity contribution in [1.29, 1.82) is 0 Å². The first-order valence-electron chi connectivity index (χ1n) is 4.95. The maximum atomic E-state index is 5.89. The van der Waals surface area contributed by atoms with Crippen molar-refractivity contribution in [2.45, 2.75) is 13.3 Å². The Morgan fingerprint density at radius 1 is 1.44 bits per heavy atom. The van der Waals surface area contributed by atoms with Gasteiger partial charge in [-0.25, -0.2) is 15.0 Å². The minimum atomic E-state index is 0.485. The quantitative estimate of drug-likeness (QED) is 0.796. The molecule has 2 N–H and O–H groups in total. The van der Waals surface area contributed by atoms with Crippen molar-refractivity contribution in [2.75, 3.05) is 11.9 Å². The van der Waals surface area contributed by atoms with Gasteiger partial charge in [0.05, 0.1) is 6.33 Å². The summed E-state index contributed by atoms with van der Waals surface area (Å²) in [5.41, 5.74) is 1.96. The predicted molar refractivity (Wildman–Crippen MR) is 62.6 cm³/mol. The number of hydrogen-bond acceptors (Lipinski definition) is 4. The van der Waals surface area contributed by atoms with Crippen LogP contribution in [-0.4, -0.2) is 26.5 Å². The van der Waals surface area contributed by atoms with Gasteiger partial charge >= 0.3 is 0 Å². The van der Waals surface area contributed by atoms with Crippen molar-refractivity contribution in [1.82, 2.24) is 19.9 Å². The van der Waals surface area contributed by atoms with Gasteiger partial charge in [-0.3, -0.25) is 0 Å². The average Bonchev–Trinajstić information content (AvgIpc) is 2.77. The Balaban J connectivity index is 1.92. The van der Waals surface area contributed by atoms with Crippen LogP contribution in [0.5, 0.6) is 0 Å². The molecule has 0 saturated heterocycles. The van der Waals surface area contributed by atoms with Crippen molar-refractivity contribution in [3.63, 3.8) is 0 Å². The van der Waals surface area contributed by atoms with E-state index in [1.165, 1.54) is 6.33 Å². The maximum absolute atomic E-state index is 5.89. The zero-order valence-corrected chi connectivity index (χ0v) is 9.62. The van der Waals surface area contributed by atoms with Crippen LogP contribution in [0.2, 0.25) is 5.15 Å². The summed E-state index contributed by atoms with van der Waals surface area (Å²) in [6.45, 7) is 2.66. The Labute approximate surface area is 98.3 Å². The molecule has 2 heterocycles. The monoisotopic (exact) mass is 237 g/mol. The van der Waals surface area contributed by atoms with Crippen LogP contribution in [0.15, 0.2) is 18.9 Å². The molecular weight excluding hydrogens is 226 g/mol. The van der Waals surface area contributed by atoms with Gasteiger partial charge in [-0.2, -0.15) is 0 Å². The van der Waals surface area contributed by atoms with Gasteiger partial charge in [0.15, 0.2) is 0 Å². The SMILES string of the molecule is Cc1c(Cl)ncnc1NCCc1cnc[nH]1. The predicted octanol–water partition coefficient (Wildman–Crippen LogP) is 1.82. The number of H-pyrrole nitrogens is 1. The molecule has 0 aliphatic carbocycles. The van der Waals surface area contributed by atoms with Crippen LogP contribution in [-0.2, 0) is 6.42 Å². The summed E-state index contributed by atoms with van der Waals surface area (Å²) in [7, 11) is 0. The summed E-state index contributed by atoms with van der Waals surface area (Å²) in [5, 5.41) is 3.69. The molecule has 0 fully saturated rings. The van der Waals surface area contributed by atoms with Crippen LogP contribution >= 0.6 is 11.6 Å². The standard InChI is InChI=1S/C10H12ClN5/c1-7-9(11)15-6-16-10(7)13-3-2-8-4-12-5-14-8/h4-6H,2-3H2,1H3,(H,12,14)(H,13,15,16). The fraction of sp³-hybridized carbons (Fsp3) is 0.300. The first-order valence-corrected chi connectivity index (χ1v) is 5.33. The van der Waals surface area contributed by atoms with Crippen LogP contribution in [0.1, 0.15) is 11.3 Å². The highest BCUT2D eigenvalue weighted by Gasteiger charge is 2.03. The first kappa shape index (κ1) is 10.9. The van der Waals surface area contributed by atoms with Crippen molar-refractivity contribution in [3.05, 3.63) is 35.3 Å². The van der Waals surface area contributed by atoms with E-state index in [2.05, 4.69) is 25.3 Å². The smallest absolute Gasteiger partial charge is 0.137 e. The van der Waals surface area contributed by atoms with Crippen molar-refractivity contribution in [2.24, 2.45) is 0 Å². The van der Waals surface area contributed by atoms with Crippen molar-refractivity contribution >= 4 is 17.4 Å². The number of aromatic amines is 1. The highest BCUT2D eigenvalue weighted by Crippen LogP contribution is 2.17. The largest absolute Gasteiger partial charge is 0.369 e. The second-order valence-electron chi connectivity index (χ2n) is 3.39. The molecule has 0 bridgehead atoms. The summed E-state index contributed by atoms with van der Waals surface area (Å²) in [4.78, 5) is 15.0. The number of rotatable bonds is 4. The average molecular weight is 238 g/mol. The molecule has 0 radical (unpaired) electrons. The molecule has 16 heavy (non-hydrogen) atoms. The van der Waals surface area contributed by atoms with E-state index < -0.39 is 0 Å². The molecule has 5 nitrogen and oxygen atoms in total. The highest BCUT2D eigenvalue weighted by molar-refractivity contribution is 6.30. The van der Waals surface area contributed by atoms with Crippen molar-refractivity contribution in [3.8, 4) is 0 Å². The van der Waals surface area contributed by atoms with Gasteiger partial charge in [0, 0.05) is 30.4 Å². The molecule has 0 atom stereocenters. The third kappa shape index (κ3) is 2.49. The Morgan fingerprint density at radius 2 is 2.31 bits per heavy atom. The van der Waals surface area contributed by atoms with E-state index in [0.717, 1.165) is 30.0 Å². The highest BCUT2D eigenvalue weighted by atomic mass is 35.5. The summed E-state index contributed by atoms with van der Waals surface area (Å²) >= 11 is 5.89. The van der Waals surface area contributed by atoms with Gasteiger partial charge in [0.25, 0.3) is 0 Å². The molecule has 0 amide bonds. The van der Waals surface area contributed by atoms with Crippen LogP contribution in [0.3, 0.4) is 0 Å². The van der Waals surface area contributed by atoms with Crippen LogP contribution in [0, 0.1) is 6.92 Å². The Hall–Kier alpha value is -1.62. The molecule has 0 saturated carbocycles. The minimum Gasteiger partial charge on any atom is -0.369 e. The summed E-state index contributed by atoms with van der Waals surface area (Å²) in [6.07, 6.45) is 5.79. The van der Waals surface area contributed by atoms with Gasteiger partial charge in [-0.1, -0.05) is 11.6 Å². The number of anilines is 1. The molecule has 2 aromatic heterocycles. The van der Waals surface area contributed by atoms with E-state index in [1.807, 2.05) is 13.1 Å². The lowest BCUT2D eigenvalue weighted by Crippen LogP contribution is -2.08. The lowest BCUT2D eigenvalue weighted by Gasteiger charge is -2.07. The van der Waals surface area contributed by atoms with E-state index >= 15 is 0 Å². The van der Waals surface area contributed by atoms with Gasteiger partial charge < -0.3 is 10.3 Å². The molecule has 2 aromatic rings. The van der Waals surface area contributed by atoms with Gasteiger partial charge in [0.2, 0.25) is 0 Å². The number of halogens is 1. The van der Waals surface area contributed by atoms with E-state index in [9.17, 15) is 0 Å². The van der Waals surface area contributed by atoms with Crippen molar-refractivity contribution < 1.29 is 0 Å². The van der Waals surface area contributed by atoms with Gasteiger partial charge in [-0.05, 0) is 6.92 Å². The number of hydrogen-bond donors (Lipinski definition) is 2. The lowest BCUT2D eigenvalue weighted by atomic mass is 10.3. The number of imidazole rings is 1. The molecule has 6 heteroatoms. The zero-order chi connectivity index (χ0) is 11.4. The molecule has 84 valence electrons. The van der Waals surface area contributed by atoms with E-state index in [1.54, 1.807) is 6.33 Å². The van der Waals surface area contributed by atoms with Gasteiger partial charge in [0.1, 0.15) is 17.3 Å². The summed E-state index contributed by atoms with van der Waals surface area (Å²) < 4.78 is 0. The molecule has 0 aliphatic rings. The fourth-order valence-electron chi connectivity index (χ4n) is 1.34. The zero-order valence-electron chi connectivity index (χ0n) is 8.87. The van der Waals surface area contributed by atoms with Crippen LogP contribution in [0.25, 0.3) is 0 Å². The maximum Gasteiger partial charge on any atom is 0.137 e. The third-order valence-electron chi connectivity index (χ3n) is 2.26. The van der Waals surface area contributed by atoms with Crippen LogP contribution < -0.4 is 5.32 Å². The first-order chi connectivity index (χ1) is 7.77. The second-order valence-corrected chi connectivity index (χ2v) is 3.75. The van der Waals surface area contributed by atoms with E-state index in [4.69, 9.17) is 11.6 Å². The number of aromatic nitrogens is 4. The molecule has 0 unspecified atom stereocenters. The molecule has 0 spiro atoms. The van der Waals surface area contributed by atoms with E-state index in [-0.39, 0.29) is 0 Å². The second kappa shape index (κ2) is 4.94. The number of nitrogens with zero attached hydrogens (tertiary/aromatic N) is 3. The molecule has 2 rings (SSSR count). The molecule has 0 aromatic carbocycles. The molecule has 0 aliphatic heterocycles. The Morgan fingerprint density at radius 3 is 3.06 bits per heavy atom. The normalized spacial score (nSPS) is 10.4. The van der Waals surface area contributed by atoms with E-state index in [0.29, 0.717) is 5.15 Å².